The third kappa shape index (κ3) is 2.67. The smallest absolute Gasteiger partial charge is 0.271 e. The van der Waals surface area contributed by atoms with Gasteiger partial charge in [-0.05, 0) is 11.6 Å². The van der Waals surface area contributed by atoms with Crippen molar-refractivity contribution in [1.29, 1.82) is 0 Å². The summed E-state index contributed by atoms with van der Waals surface area (Å²) < 4.78 is 0. The van der Waals surface area contributed by atoms with Crippen molar-refractivity contribution >= 4 is 17.1 Å². The van der Waals surface area contributed by atoms with Crippen molar-refractivity contribution in [2.45, 2.75) is 6.54 Å². The largest absolute Gasteiger partial charge is 0.371 e. The molecular formula is C16H17N3O2. The summed E-state index contributed by atoms with van der Waals surface area (Å²) in [5, 5.41) is 11.0. The number of anilines is 2. The third-order valence-corrected chi connectivity index (χ3v) is 3.84. The van der Waals surface area contributed by atoms with Crippen molar-refractivity contribution in [3.8, 4) is 0 Å². The first-order valence-corrected chi connectivity index (χ1v) is 6.93. The molecule has 0 radical (unpaired) electrons. The molecule has 3 rings (SSSR count). The molecule has 0 fully saturated rings. The van der Waals surface area contributed by atoms with Crippen LogP contribution in [0.25, 0.3) is 0 Å². The molecule has 2 aromatic rings. The zero-order chi connectivity index (χ0) is 14.8. The molecule has 5 nitrogen and oxygen atoms in total. The predicted octanol–water partition coefficient (Wildman–Crippen LogP) is 3.05. The number of likely N-dealkylation sites (N-methyl/N-ethyl adjacent to an activating group) is 1. The Bertz CT molecular complexity index is 658. The minimum Gasteiger partial charge on any atom is -0.371 e. The average Bonchev–Trinajstić information content (AvgIpc) is 2.51. The molecule has 108 valence electrons. The number of rotatable bonds is 3. The van der Waals surface area contributed by atoms with Crippen molar-refractivity contribution in [3.63, 3.8) is 0 Å². The van der Waals surface area contributed by atoms with Gasteiger partial charge in [-0.1, -0.05) is 30.3 Å². The first-order valence-electron chi connectivity index (χ1n) is 6.93. The average molecular weight is 283 g/mol. The minimum absolute atomic E-state index is 0.141. The van der Waals surface area contributed by atoms with Crippen LogP contribution >= 0.6 is 0 Å². The van der Waals surface area contributed by atoms with E-state index in [1.54, 1.807) is 12.1 Å². The number of fused-ring (bicyclic) bond motifs is 1. The number of hydrogen-bond donors (Lipinski definition) is 0. The third-order valence-electron chi connectivity index (χ3n) is 3.84. The van der Waals surface area contributed by atoms with Gasteiger partial charge in [-0.3, -0.25) is 10.1 Å². The zero-order valence-corrected chi connectivity index (χ0v) is 11.9. The quantitative estimate of drug-likeness (QED) is 0.641. The van der Waals surface area contributed by atoms with Crippen molar-refractivity contribution in [2.24, 2.45) is 0 Å². The Morgan fingerprint density at radius 2 is 1.86 bits per heavy atom. The maximum Gasteiger partial charge on any atom is 0.271 e. The van der Waals surface area contributed by atoms with E-state index in [0.717, 1.165) is 31.0 Å². The van der Waals surface area contributed by atoms with E-state index in [-0.39, 0.29) is 10.6 Å². The van der Waals surface area contributed by atoms with Gasteiger partial charge in [0, 0.05) is 38.8 Å². The lowest BCUT2D eigenvalue weighted by Gasteiger charge is -2.36. The normalized spacial score (nSPS) is 14.0. The standard InChI is InChI=1S/C16H17N3O2/c1-17-9-10-18(12-13-5-3-2-4-6-13)16-11-14(19(20)21)7-8-15(16)17/h2-8,11H,9-10,12H2,1H3. The molecular weight excluding hydrogens is 266 g/mol. The second-order valence-electron chi connectivity index (χ2n) is 5.26. The number of hydrogen-bond acceptors (Lipinski definition) is 4. The van der Waals surface area contributed by atoms with Gasteiger partial charge in [-0.25, -0.2) is 0 Å². The highest BCUT2D eigenvalue weighted by Gasteiger charge is 2.23. The maximum atomic E-state index is 11.0. The SMILES string of the molecule is CN1CCN(Cc2ccccc2)c2cc([N+](=O)[O-])ccc21. The molecule has 0 unspecified atom stereocenters. The molecule has 5 heteroatoms. The van der Waals surface area contributed by atoms with Gasteiger partial charge >= 0.3 is 0 Å². The van der Waals surface area contributed by atoms with Gasteiger partial charge in [0.15, 0.2) is 0 Å². The Kier molecular flexibility index (Phi) is 3.48. The van der Waals surface area contributed by atoms with Crippen LogP contribution < -0.4 is 9.80 Å². The summed E-state index contributed by atoms with van der Waals surface area (Å²) in [4.78, 5) is 15.0. The van der Waals surface area contributed by atoms with Crippen LogP contribution in [0.5, 0.6) is 0 Å². The summed E-state index contributed by atoms with van der Waals surface area (Å²) in [5.41, 5.74) is 3.33. The molecule has 0 saturated heterocycles. The van der Waals surface area contributed by atoms with Crippen molar-refractivity contribution in [1.82, 2.24) is 0 Å². The lowest BCUT2D eigenvalue weighted by atomic mass is 10.1. The highest BCUT2D eigenvalue weighted by Crippen LogP contribution is 2.36. The van der Waals surface area contributed by atoms with Crippen molar-refractivity contribution < 1.29 is 4.92 Å². The lowest BCUT2D eigenvalue weighted by Crippen LogP contribution is -2.38. The van der Waals surface area contributed by atoms with Crippen molar-refractivity contribution in [3.05, 3.63) is 64.2 Å². The fourth-order valence-electron chi connectivity index (χ4n) is 2.68. The molecule has 1 heterocycles. The fourth-order valence-corrected chi connectivity index (χ4v) is 2.68. The summed E-state index contributed by atoms with van der Waals surface area (Å²) in [6, 6.07) is 15.3. The molecule has 21 heavy (non-hydrogen) atoms. The van der Waals surface area contributed by atoms with E-state index >= 15 is 0 Å². The Morgan fingerprint density at radius 1 is 1.10 bits per heavy atom. The van der Waals surface area contributed by atoms with E-state index < -0.39 is 0 Å². The van der Waals surface area contributed by atoms with Crippen LogP contribution in [0.3, 0.4) is 0 Å². The number of nitrogens with zero attached hydrogens (tertiary/aromatic N) is 3. The van der Waals surface area contributed by atoms with E-state index in [1.807, 2.05) is 31.3 Å². The van der Waals surface area contributed by atoms with E-state index in [1.165, 1.54) is 5.56 Å². The molecule has 0 atom stereocenters. The highest BCUT2D eigenvalue weighted by atomic mass is 16.6. The molecule has 0 amide bonds. The summed E-state index contributed by atoms with van der Waals surface area (Å²) >= 11 is 0. The molecule has 2 aromatic carbocycles. The number of nitro benzene ring substituents is 1. The van der Waals surface area contributed by atoms with Gasteiger partial charge in [0.05, 0.1) is 16.3 Å². The lowest BCUT2D eigenvalue weighted by molar-refractivity contribution is -0.384. The fraction of sp³-hybridized carbons (Fsp3) is 0.250. The highest BCUT2D eigenvalue weighted by molar-refractivity contribution is 5.75. The second kappa shape index (κ2) is 5.44. The molecule has 1 aliphatic rings. The van der Waals surface area contributed by atoms with Gasteiger partial charge in [0.1, 0.15) is 0 Å². The Balaban J connectivity index is 1.96. The molecule has 0 saturated carbocycles. The van der Waals surface area contributed by atoms with Gasteiger partial charge in [0.2, 0.25) is 0 Å². The molecule has 0 bridgehead atoms. The van der Waals surface area contributed by atoms with Crippen molar-refractivity contribution in [2.75, 3.05) is 29.9 Å². The molecule has 0 aliphatic carbocycles. The summed E-state index contributed by atoms with van der Waals surface area (Å²) in [6.45, 7) is 2.54. The van der Waals surface area contributed by atoms with E-state index in [2.05, 4.69) is 21.9 Å². The Morgan fingerprint density at radius 3 is 2.57 bits per heavy atom. The molecule has 0 N–H and O–H groups in total. The number of benzene rings is 2. The Hall–Kier alpha value is -2.56. The number of non-ortho nitro benzene ring substituents is 1. The van der Waals surface area contributed by atoms with Crippen LogP contribution in [0.1, 0.15) is 5.56 Å². The van der Waals surface area contributed by atoms with Crippen LogP contribution in [-0.4, -0.2) is 25.1 Å². The monoisotopic (exact) mass is 283 g/mol. The first kappa shape index (κ1) is 13.4. The summed E-state index contributed by atoms with van der Waals surface area (Å²) in [5.74, 6) is 0. The van der Waals surface area contributed by atoms with Gasteiger partial charge in [0.25, 0.3) is 5.69 Å². The van der Waals surface area contributed by atoms with E-state index in [9.17, 15) is 10.1 Å². The summed E-state index contributed by atoms with van der Waals surface area (Å²) in [6.07, 6.45) is 0. The zero-order valence-electron chi connectivity index (χ0n) is 11.9. The van der Waals surface area contributed by atoms with Crippen LogP contribution in [0.2, 0.25) is 0 Å². The maximum absolute atomic E-state index is 11.0. The van der Waals surface area contributed by atoms with Crippen LogP contribution in [0, 0.1) is 10.1 Å². The second-order valence-corrected chi connectivity index (χ2v) is 5.26. The topological polar surface area (TPSA) is 49.6 Å². The van der Waals surface area contributed by atoms with E-state index in [0.29, 0.717) is 0 Å². The van der Waals surface area contributed by atoms with Crippen LogP contribution in [-0.2, 0) is 6.54 Å². The van der Waals surface area contributed by atoms with E-state index in [4.69, 9.17) is 0 Å². The van der Waals surface area contributed by atoms with Gasteiger partial charge in [-0.15, -0.1) is 0 Å². The van der Waals surface area contributed by atoms with Gasteiger partial charge < -0.3 is 9.80 Å². The Labute approximate surface area is 123 Å². The molecule has 0 aromatic heterocycles. The van der Waals surface area contributed by atoms with Gasteiger partial charge in [-0.2, -0.15) is 0 Å². The number of nitro groups is 1. The predicted molar refractivity (Wildman–Crippen MR) is 83.9 cm³/mol. The molecule has 1 aliphatic heterocycles. The molecule has 0 spiro atoms. The van der Waals surface area contributed by atoms with Crippen LogP contribution in [0.4, 0.5) is 17.1 Å². The summed E-state index contributed by atoms with van der Waals surface area (Å²) in [7, 11) is 2.02. The minimum atomic E-state index is -0.338. The first-order chi connectivity index (χ1) is 10.1. The van der Waals surface area contributed by atoms with Crippen LogP contribution in [0.15, 0.2) is 48.5 Å².